The number of benzene rings is 2. The Morgan fingerprint density at radius 2 is 1.59 bits per heavy atom. The average molecular weight is 415 g/mol. The summed E-state index contributed by atoms with van der Waals surface area (Å²) in [6, 6.07) is 10.6. The average Bonchev–Trinajstić information content (AvgIpc) is 2.70. The summed E-state index contributed by atoms with van der Waals surface area (Å²) in [7, 11) is 0. The van der Waals surface area contributed by atoms with E-state index in [1.54, 1.807) is 6.07 Å². The number of hydrazine groups is 1. The third-order valence-corrected chi connectivity index (χ3v) is 3.58. The SMILES string of the molecule is O=C(/C=C/c1cccc([N+](=O)[O-])c1)NC(=S)NNC(=O)c1ccc([N+](=O)[O-])cc1. The lowest BCUT2D eigenvalue weighted by Gasteiger charge is -2.09. The van der Waals surface area contributed by atoms with Gasteiger partial charge >= 0.3 is 0 Å². The Labute approximate surface area is 168 Å². The van der Waals surface area contributed by atoms with Gasteiger partial charge < -0.3 is 0 Å². The zero-order valence-electron chi connectivity index (χ0n) is 14.5. The van der Waals surface area contributed by atoms with Crippen LogP contribution >= 0.6 is 12.2 Å². The van der Waals surface area contributed by atoms with Gasteiger partial charge in [-0.1, -0.05) is 12.1 Å². The van der Waals surface area contributed by atoms with E-state index in [0.29, 0.717) is 5.56 Å². The largest absolute Gasteiger partial charge is 0.298 e. The van der Waals surface area contributed by atoms with Gasteiger partial charge in [-0.25, -0.2) is 0 Å². The molecule has 0 saturated heterocycles. The summed E-state index contributed by atoms with van der Waals surface area (Å²) in [5, 5.41) is 23.4. The van der Waals surface area contributed by atoms with Crippen LogP contribution in [0.15, 0.2) is 54.6 Å². The van der Waals surface area contributed by atoms with Gasteiger partial charge in [-0.2, -0.15) is 0 Å². The van der Waals surface area contributed by atoms with Gasteiger partial charge in [-0.3, -0.25) is 46.0 Å². The maximum absolute atomic E-state index is 11.9. The quantitative estimate of drug-likeness (QED) is 0.289. The molecule has 0 fully saturated rings. The van der Waals surface area contributed by atoms with Crippen molar-refractivity contribution in [3.05, 3.63) is 86.0 Å². The second kappa shape index (κ2) is 9.66. The van der Waals surface area contributed by atoms with E-state index in [4.69, 9.17) is 12.2 Å². The lowest BCUT2D eigenvalue weighted by molar-refractivity contribution is -0.385. The first-order chi connectivity index (χ1) is 13.8. The molecule has 0 heterocycles. The van der Waals surface area contributed by atoms with Gasteiger partial charge in [-0.05, 0) is 36.0 Å². The molecule has 0 saturated carbocycles. The molecule has 2 amide bonds. The topological polar surface area (TPSA) is 157 Å². The number of carbonyl (C=O) groups excluding carboxylic acids is 2. The highest BCUT2D eigenvalue weighted by Gasteiger charge is 2.10. The standard InChI is InChI=1S/C17H13N5O6S/c23-15(9-4-11-2-1-3-14(10-11)22(27)28)18-17(29)20-19-16(24)12-5-7-13(8-6-12)21(25)26/h1-10H,(H,19,24)(H2,18,20,23,29)/b9-4+. The number of non-ortho nitro benzene ring substituents is 2. The Hall–Kier alpha value is -4.19. The predicted molar refractivity (Wildman–Crippen MR) is 107 cm³/mol. The smallest absolute Gasteiger partial charge is 0.270 e. The third kappa shape index (κ3) is 6.48. The van der Waals surface area contributed by atoms with E-state index < -0.39 is 21.7 Å². The summed E-state index contributed by atoms with van der Waals surface area (Å²) in [5.74, 6) is -1.25. The van der Waals surface area contributed by atoms with Crippen molar-refractivity contribution >= 4 is 46.6 Å². The number of nitrogens with one attached hydrogen (secondary N) is 3. The minimum absolute atomic E-state index is 0.112. The Kier molecular flexibility index (Phi) is 7.03. The van der Waals surface area contributed by atoms with Crippen LogP contribution in [0.5, 0.6) is 0 Å². The van der Waals surface area contributed by atoms with Gasteiger partial charge in [0.25, 0.3) is 17.3 Å². The molecule has 12 heteroatoms. The summed E-state index contributed by atoms with van der Waals surface area (Å²) in [6.45, 7) is 0. The zero-order valence-corrected chi connectivity index (χ0v) is 15.3. The van der Waals surface area contributed by atoms with E-state index in [1.165, 1.54) is 48.5 Å². The Morgan fingerprint density at radius 3 is 2.21 bits per heavy atom. The van der Waals surface area contributed by atoms with Crippen molar-refractivity contribution in [1.29, 1.82) is 0 Å². The van der Waals surface area contributed by atoms with Crippen LogP contribution in [0.1, 0.15) is 15.9 Å². The minimum atomic E-state index is -0.626. The first-order valence-corrected chi connectivity index (χ1v) is 8.25. The maximum atomic E-state index is 11.9. The number of amides is 2. The summed E-state index contributed by atoms with van der Waals surface area (Å²) in [5.41, 5.74) is 4.86. The van der Waals surface area contributed by atoms with Crippen molar-refractivity contribution in [3.8, 4) is 0 Å². The lowest BCUT2D eigenvalue weighted by Crippen LogP contribution is -2.48. The molecule has 29 heavy (non-hydrogen) atoms. The van der Waals surface area contributed by atoms with E-state index in [2.05, 4.69) is 16.2 Å². The second-order valence-electron chi connectivity index (χ2n) is 5.39. The fourth-order valence-corrected chi connectivity index (χ4v) is 2.17. The molecule has 0 aliphatic carbocycles. The Bertz CT molecular complexity index is 1010. The Balaban J connectivity index is 1.84. The number of carbonyl (C=O) groups is 2. The van der Waals surface area contributed by atoms with Crippen LogP contribution < -0.4 is 16.2 Å². The maximum Gasteiger partial charge on any atom is 0.270 e. The van der Waals surface area contributed by atoms with Crippen LogP contribution in [0.3, 0.4) is 0 Å². The number of rotatable bonds is 5. The fraction of sp³-hybridized carbons (Fsp3) is 0. The molecule has 3 N–H and O–H groups in total. The van der Waals surface area contributed by atoms with Crippen LogP contribution in [0.4, 0.5) is 11.4 Å². The van der Waals surface area contributed by atoms with Gasteiger partial charge in [0.15, 0.2) is 5.11 Å². The highest BCUT2D eigenvalue weighted by Crippen LogP contribution is 2.14. The number of nitrogens with zero attached hydrogens (tertiary/aromatic N) is 2. The molecule has 0 spiro atoms. The molecule has 0 unspecified atom stereocenters. The first kappa shape index (κ1) is 21.1. The summed E-state index contributed by atoms with van der Waals surface area (Å²) < 4.78 is 0. The molecule has 148 valence electrons. The number of nitro groups is 2. The molecule has 2 aromatic carbocycles. The van der Waals surface area contributed by atoms with Crippen molar-refractivity contribution < 1.29 is 19.4 Å². The van der Waals surface area contributed by atoms with Gasteiger partial charge in [-0.15, -0.1) is 0 Å². The van der Waals surface area contributed by atoms with Crippen molar-refractivity contribution in [2.75, 3.05) is 0 Å². The van der Waals surface area contributed by atoms with Crippen LogP contribution in [0.2, 0.25) is 0 Å². The molecular weight excluding hydrogens is 402 g/mol. The zero-order chi connectivity index (χ0) is 21.4. The summed E-state index contributed by atoms with van der Waals surface area (Å²) >= 11 is 4.87. The monoisotopic (exact) mass is 415 g/mol. The van der Waals surface area contributed by atoms with Crippen LogP contribution in [-0.4, -0.2) is 26.8 Å². The summed E-state index contributed by atoms with van der Waals surface area (Å²) in [4.78, 5) is 43.9. The van der Waals surface area contributed by atoms with E-state index in [0.717, 1.165) is 6.08 Å². The first-order valence-electron chi connectivity index (χ1n) is 7.84. The molecule has 2 rings (SSSR count). The van der Waals surface area contributed by atoms with Crippen LogP contribution in [-0.2, 0) is 4.79 Å². The second-order valence-corrected chi connectivity index (χ2v) is 5.80. The minimum Gasteiger partial charge on any atom is -0.298 e. The van der Waals surface area contributed by atoms with Gasteiger partial charge in [0.1, 0.15) is 0 Å². The number of thiocarbonyl (C=S) groups is 1. The van der Waals surface area contributed by atoms with Crippen molar-refractivity contribution in [1.82, 2.24) is 16.2 Å². The molecule has 0 radical (unpaired) electrons. The normalized spacial score (nSPS) is 10.2. The Morgan fingerprint density at radius 1 is 0.931 bits per heavy atom. The molecule has 0 atom stereocenters. The highest BCUT2D eigenvalue weighted by molar-refractivity contribution is 7.80. The van der Waals surface area contributed by atoms with Gasteiger partial charge in [0.05, 0.1) is 9.85 Å². The molecule has 0 bridgehead atoms. The van der Waals surface area contributed by atoms with Crippen LogP contribution in [0, 0.1) is 20.2 Å². The molecule has 0 aromatic heterocycles. The molecule has 0 aliphatic heterocycles. The van der Waals surface area contributed by atoms with Gasteiger partial charge in [0.2, 0.25) is 5.91 Å². The third-order valence-electron chi connectivity index (χ3n) is 3.37. The fourth-order valence-electron chi connectivity index (χ4n) is 2.02. The molecule has 0 aliphatic rings. The molecular formula is C17H13N5O6S. The van der Waals surface area contributed by atoms with Crippen molar-refractivity contribution in [3.63, 3.8) is 0 Å². The molecule has 2 aromatic rings. The van der Waals surface area contributed by atoms with Crippen molar-refractivity contribution in [2.24, 2.45) is 0 Å². The highest BCUT2D eigenvalue weighted by atomic mass is 32.1. The number of hydrogen-bond donors (Lipinski definition) is 3. The molecule has 11 nitrogen and oxygen atoms in total. The van der Waals surface area contributed by atoms with E-state index in [-0.39, 0.29) is 22.1 Å². The predicted octanol–water partition coefficient (Wildman–Crippen LogP) is 1.85. The van der Waals surface area contributed by atoms with E-state index in [9.17, 15) is 29.8 Å². The summed E-state index contributed by atoms with van der Waals surface area (Å²) in [6.07, 6.45) is 2.48. The lowest BCUT2D eigenvalue weighted by atomic mass is 10.2. The van der Waals surface area contributed by atoms with Crippen LogP contribution in [0.25, 0.3) is 6.08 Å². The van der Waals surface area contributed by atoms with E-state index in [1.807, 2.05) is 0 Å². The van der Waals surface area contributed by atoms with E-state index >= 15 is 0 Å². The number of hydrogen-bond acceptors (Lipinski definition) is 7. The van der Waals surface area contributed by atoms with Crippen molar-refractivity contribution in [2.45, 2.75) is 0 Å². The number of nitro benzene ring substituents is 2. The van der Waals surface area contributed by atoms with Gasteiger partial charge in [0, 0.05) is 35.9 Å².